The maximum absolute atomic E-state index is 13.3. The molecule has 1 saturated carbocycles. The SMILES string of the molecule is O=C(O)[C@@H]1[C@@H](C(=O)N2C[C@@H]3C[C@@H](C2)c2cccc(=O)n2C3)[C@H]2C=C[C@H]1C2. The zero-order chi connectivity index (χ0) is 18.0. The van der Waals surface area contributed by atoms with E-state index in [2.05, 4.69) is 0 Å². The monoisotopic (exact) mass is 354 g/mol. The number of allylic oxidation sites excluding steroid dienone is 2. The Kier molecular flexibility index (Phi) is 3.39. The minimum Gasteiger partial charge on any atom is -0.481 e. The number of rotatable bonds is 2. The smallest absolute Gasteiger partial charge is 0.307 e. The third-order valence-corrected chi connectivity index (χ3v) is 6.82. The molecular formula is C20H22N2O4. The van der Waals surface area contributed by atoms with Crippen LogP contribution in [-0.4, -0.2) is 39.5 Å². The fourth-order valence-corrected chi connectivity index (χ4v) is 5.78. The van der Waals surface area contributed by atoms with Crippen molar-refractivity contribution in [2.24, 2.45) is 29.6 Å². The van der Waals surface area contributed by atoms with E-state index in [9.17, 15) is 19.5 Å². The quantitative estimate of drug-likeness (QED) is 0.813. The van der Waals surface area contributed by atoms with E-state index in [0.29, 0.717) is 19.6 Å². The summed E-state index contributed by atoms with van der Waals surface area (Å²) in [5, 5.41) is 9.63. The van der Waals surface area contributed by atoms with Crippen LogP contribution in [0.5, 0.6) is 0 Å². The van der Waals surface area contributed by atoms with Crippen molar-refractivity contribution in [2.45, 2.75) is 25.3 Å². The second kappa shape index (κ2) is 5.56. The normalized spacial score (nSPS) is 36.8. The number of carboxylic acid groups (broad SMARTS) is 1. The molecule has 6 heteroatoms. The molecule has 0 radical (unpaired) electrons. The van der Waals surface area contributed by atoms with Gasteiger partial charge < -0.3 is 14.6 Å². The van der Waals surface area contributed by atoms with Crippen molar-refractivity contribution >= 4 is 11.9 Å². The van der Waals surface area contributed by atoms with Crippen molar-refractivity contribution in [3.63, 3.8) is 0 Å². The van der Waals surface area contributed by atoms with Gasteiger partial charge in [-0.3, -0.25) is 14.4 Å². The molecule has 2 fully saturated rings. The van der Waals surface area contributed by atoms with Crippen molar-refractivity contribution < 1.29 is 14.7 Å². The molecule has 3 heterocycles. The van der Waals surface area contributed by atoms with E-state index in [1.807, 2.05) is 27.7 Å². The number of aromatic nitrogens is 1. The number of nitrogens with zero attached hydrogens (tertiary/aromatic N) is 2. The molecule has 2 aliphatic heterocycles. The van der Waals surface area contributed by atoms with Gasteiger partial charge in [-0.05, 0) is 36.7 Å². The topological polar surface area (TPSA) is 79.6 Å². The molecule has 1 amide bonds. The largest absolute Gasteiger partial charge is 0.481 e. The van der Waals surface area contributed by atoms with Gasteiger partial charge in [0, 0.05) is 37.3 Å². The van der Waals surface area contributed by atoms with E-state index in [1.54, 1.807) is 12.1 Å². The second-order valence-electron chi connectivity index (χ2n) is 8.28. The first-order chi connectivity index (χ1) is 12.5. The van der Waals surface area contributed by atoms with E-state index in [4.69, 9.17) is 0 Å². The first-order valence-corrected chi connectivity index (χ1v) is 9.42. The van der Waals surface area contributed by atoms with E-state index < -0.39 is 17.8 Å². The summed E-state index contributed by atoms with van der Waals surface area (Å²) < 4.78 is 1.85. The lowest BCUT2D eigenvalue weighted by Gasteiger charge is -2.44. The molecular weight excluding hydrogens is 332 g/mol. The number of pyridine rings is 1. The Balaban J connectivity index is 1.42. The van der Waals surface area contributed by atoms with E-state index in [0.717, 1.165) is 18.5 Å². The van der Waals surface area contributed by atoms with Crippen molar-refractivity contribution in [1.29, 1.82) is 0 Å². The van der Waals surface area contributed by atoms with Gasteiger partial charge in [-0.15, -0.1) is 0 Å². The van der Waals surface area contributed by atoms with Crippen molar-refractivity contribution in [1.82, 2.24) is 9.47 Å². The van der Waals surface area contributed by atoms with Crippen LogP contribution in [0.2, 0.25) is 0 Å². The Hall–Kier alpha value is -2.37. The Labute approximate surface area is 151 Å². The lowest BCUT2D eigenvalue weighted by molar-refractivity contribution is -0.152. The van der Waals surface area contributed by atoms with Gasteiger partial charge in [0.2, 0.25) is 5.91 Å². The molecule has 4 bridgehead atoms. The highest BCUT2D eigenvalue weighted by Gasteiger charge is 2.53. The van der Waals surface area contributed by atoms with Gasteiger partial charge in [-0.2, -0.15) is 0 Å². The summed E-state index contributed by atoms with van der Waals surface area (Å²) in [4.78, 5) is 39.0. The molecule has 0 unspecified atom stereocenters. The average Bonchev–Trinajstić information content (AvgIpc) is 3.23. The second-order valence-corrected chi connectivity index (χ2v) is 8.28. The van der Waals surface area contributed by atoms with Crippen molar-refractivity contribution in [3.8, 4) is 0 Å². The molecule has 0 aromatic carbocycles. The molecule has 26 heavy (non-hydrogen) atoms. The third-order valence-electron chi connectivity index (χ3n) is 6.82. The number of carbonyl (C=O) groups excluding carboxylic acids is 1. The fourth-order valence-electron chi connectivity index (χ4n) is 5.78. The predicted molar refractivity (Wildman–Crippen MR) is 93.5 cm³/mol. The predicted octanol–water partition coefficient (Wildman–Crippen LogP) is 1.32. The lowest BCUT2D eigenvalue weighted by Crippen LogP contribution is -2.52. The molecule has 0 spiro atoms. The Morgan fingerprint density at radius 1 is 1.00 bits per heavy atom. The zero-order valence-corrected chi connectivity index (χ0v) is 14.5. The molecule has 1 aromatic rings. The maximum Gasteiger partial charge on any atom is 0.307 e. The van der Waals surface area contributed by atoms with Crippen LogP contribution in [0.15, 0.2) is 35.1 Å². The zero-order valence-electron chi connectivity index (χ0n) is 14.5. The molecule has 1 aromatic heterocycles. The van der Waals surface area contributed by atoms with Crippen LogP contribution in [0.1, 0.15) is 24.5 Å². The molecule has 136 valence electrons. The number of amides is 1. The highest BCUT2D eigenvalue weighted by molar-refractivity contribution is 5.87. The summed E-state index contributed by atoms with van der Waals surface area (Å²) in [7, 11) is 0. The molecule has 5 rings (SSSR count). The van der Waals surface area contributed by atoms with E-state index in [-0.39, 0.29) is 35.1 Å². The number of hydrogen-bond donors (Lipinski definition) is 1. The minimum atomic E-state index is -0.852. The van der Waals surface area contributed by atoms with E-state index >= 15 is 0 Å². The number of fused-ring (bicyclic) bond motifs is 6. The highest BCUT2D eigenvalue weighted by Crippen LogP contribution is 2.49. The van der Waals surface area contributed by atoms with Gasteiger partial charge in [-0.25, -0.2) is 0 Å². The summed E-state index contributed by atoms with van der Waals surface area (Å²) >= 11 is 0. The van der Waals surface area contributed by atoms with Crippen LogP contribution < -0.4 is 5.56 Å². The van der Waals surface area contributed by atoms with Gasteiger partial charge in [0.1, 0.15) is 0 Å². The van der Waals surface area contributed by atoms with Gasteiger partial charge in [0.25, 0.3) is 5.56 Å². The maximum atomic E-state index is 13.3. The van der Waals surface area contributed by atoms with Crippen LogP contribution in [0, 0.1) is 29.6 Å². The van der Waals surface area contributed by atoms with Gasteiger partial charge in [0.05, 0.1) is 11.8 Å². The summed E-state index contributed by atoms with van der Waals surface area (Å²) in [5.74, 6) is -1.39. The van der Waals surface area contributed by atoms with Crippen LogP contribution in [0.3, 0.4) is 0 Å². The number of likely N-dealkylation sites (tertiary alicyclic amines) is 1. The van der Waals surface area contributed by atoms with Crippen molar-refractivity contribution in [3.05, 3.63) is 46.4 Å². The summed E-state index contributed by atoms with van der Waals surface area (Å²) in [6.07, 6.45) is 5.78. The number of carbonyl (C=O) groups is 2. The van der Waals surface area contributed by atoms with Gasteiger partial charge >= 0.3 is 5.97 Å². The Morgan fingerprint density at radius 2 is 1.77 bits per heavy atom. The van der Waals surface area contributed by atoms with Crippen LogP contribution >= 0.6 is 0 Å². The number of carboxylic acids is 1. The average molecular weight is 354 g/mol. The first kappa shape index (κ1) is 15.9. The Bertz CT molecular complexity index is 873. The summed E-state index contributed by atoms with van der Waals surface area (Å²) in [6, 6.07) is 5.36. The fraction of sp³-hybridized carbons (Fsp3) is 0.550. The number of piperidine rings is 1. The van der Waals surface area contributed by atoms with Gasteiger partial charge in [-0.1, -0.05) is 18.2 Å². The highest BCUT2D eigenvalue weighted by atomic mass is 16.4. The third kappa shape index (κ3) is 2.20. The van der Waals surface area contributed by atoms with Crippen LogP contribution in [0.4, 0.5) is 0 Å². The van der Waals surface area contributed by atoms with Gasteiger partial charge in [0.15, 0.2) is 0 Å². The Morgan fingerprint density at radius 3 is 2.54 bits per heavy atom. The molecule has 4 aliphatic rings. The molecule has 6 atom stereocenters. The van der Waals surface area contributed by atoms with E-state index in [1.165, 1.54) is 0 Å². The molecule has 6 nitrogen and oxygen atoms in total. The standard InChI is InChI=1S/C20H22N2O4/c23-16-3-1-2-15-14-6-11(9-22(15)16)8-21(10-14)19(24)17-12-4-5-13(7-12)18(17)20(25)26/h1-5,11-14,17-18H,6-10H2,(H,25,26)/t11-,12-,13-,14-,17-,18-/m0/s1. The van der Waals surface area contributed by atoms with Crippen LogP contribution in [-0.2, 0) is 16.1 Å². The molecule has 1 N–H and O–H groups in total. The lowest BCUT2D eigenvalue weighted by atomic mass is 9.79. The number of hydrogen-bond acceptors (Lipinski definition) is 3. The summed E-state index contributed by atoms with van der Waals surface area (Å²) in [6.45, 7) is 1.86. The number of aliphatic carboxylic acids is 1. The first-order valence-electron chi connectivity index (χ1n) is 9.42. The summed E-state index contributed by atoms with van der Waals surface area (Å²) in [5.41, 5.74) is 1.04. The van der Waals surface area contributed by atoms with Crippen molar-refractivity contribution in [2.75, 3.05) is 13.1 Å². The molecule has 2 aliphatic carbocycles. The minimum absolute atomic E-state index is 0.00400. The van der Waals surface area contributed by atoms with Crippen LogP contribution in [0.25, 0.3) is 0 Å². The molecule has 1 saturated heterocycles.